The lowest BCUT2D eigenvalue weighted by molar-refractivity contribution is 0.461. The zero-order valence-electron chi connectivity index (χ0n) is 11.3. The van der Waals surface area contributed by atoms with E-state index >= 15 is 0 Å². The molecule has 0 radical (unpaired) electrons. The summed E-state index contributed by atoms with van der Waals surface area (Å²) in [6, 6.07) is 17.3. The number of rotatable bonds is 2. The predicted octanol–water partition coefficient (Wildman–Crippen LogP) is 4.15. The third kappa shape index (κ3) is 1.99. The summed E-state index contributed by atoms with van der Waals surface area (Å²) in [5.41, 5.74) is 2.64. The molecule has 0 saturated carbocycles. The third-order valence-corrected chi connectivity index (χ3v) is 3.75. The van der Waals surface area contributed by atoms with Gasteiger partial charge in [0.15, 0.2) is 0 Å². The molecule has 0 spiro atoms. The standard InChI is InChI=1S/C18H16O2/c1-12-16(11-13-7-3-2-4-8-13)18(20)15-10-6-5-9-14(15)17(12)19/h2-10,19-20H,11H2,1H3. The average Bonchev–Trinajstić information content (AvgIpc) is 2.50. The van der Waals surface area contributed by atoms with Crippen molar-refractivity contribution >= 4 is 10.8 Å². The van der Waals surface area contributed by atoms with Gasteiger partial charge >= 0.3 is 0 Å². The highest BCUT2D eigenvalue weighted by molar-refractivity contribution is 5.95. The first-order valence-electron chi connectivity index (χ1n) is 6.64. The van der Waals surface area contributed by atoms with Crippen molar-refractivity contribution < 1.29 is 10.2 Å². The Kier molecular flexibility index (Phi) is 3.07. The summed E-state index contributed by atoms with van der Waals surface area (Å²) in [7, 11) is 0. The summed E-state index contributed by atoms with van der Waals surface area (Å²) in [5, 5.41) is 22.2. The monoisotopic (exact) mass is 264 g/mol. The highest BCUT2D eigenvalue weighted by atomic mass is 16.3. The maximum atomic E-state index is 10.5. The van der Waals surface area contributed by atoms with Crippen LogP contribution in [0, 0.1) is 6.92 Å². The maximum absolute atomic E-state index is 10.5. The SMILES string of the molecule is Cc1c(Cc2ccccc2)c(O)c2ccccc2c1O. The van der Waals surface area contributed by atoms with Crippen LogP contribution in [0.1, 0.15) is 16.7 Å². The molecule has 0 atom stereocenters. The Morgan fingerprint density at radius 2 is 1.30 bits per heavy atom. The summed E-state index contributed by atoms with van der Waals surface area (Å²) in [4.78, 5) is 0. The van der Waals surface area contributed by atoms with Crippen LogP contribution in [0.4, 0.5) is 0 Å². The molecule has 3 rings (SSSR count). The Balaban J connectivity index is 2.21. The Morgan fingerprint density at radius 1 is 0.750 bits per heavy atom. The molecule has 0 heterocycles. The largest absolute Gasteiger partial charge is 0.507 e. The lowest BCUT2D eigenvalue weighted by Gasteiger charge is -2.14. The average molecular weight is 264 g/mol. The predicted molar refractivity (Wildman–Crippen MR) is 81.3 cm³/mol. The first-order valence-corrected chi connectivity index (χ1v) is 6.64. The van der Waals surface area contributed by atoms with E-state index in [-0.39, 0.29) is 11.5 Å². The van der Waals surface area contributed by atoms with Crippen LogP contribution < -0.4 is 0 Å². The summed E-state index contributed by atoms with van der Waals surface area (Å²) in [6.07, 6.45) is 0.608. The van der Waals surface area contributed by atoms with E-state index in [1.165, 1.54) is 0 Å². The van der Waals surface area contributed by atoms with Crippen LogP contribution in [0.15, 0.2) is 54.6 Å². The molecule has 0 amide bonds. The molecule has 2 nitrogen and oxygen atoms in total. The van der Waals surface area contributed by atoms with E-state index < -0.39 is 0 Å². The summed E-state index contributed by atoms with van der Waals surface area (Å²) in [6.45, 7) is 1.85. The minimum absolute atomic E-state index is 0.254. The number of benzene rings is 3. The van der Waals surface area contributed by atoms with E-state index in [1.54, 1.807) is 0 Å². The quantitative estimate of drug-likeness (QED) is 0.683. The Labute approximate surface area is 117 Å². The molecule has 2 N–H and O–H groups in total. The number of fused-ring (bicyclic) bond motifs is 1. The number of aromatic hydroxyl groups is 2. The van der Waals surface area contributed by atoms with Gasteiger partial charge in [-0.25, -0.2) is 0 Å². The number of hydrogen-bond acceptors (Lipinski definition) is 2. The Morgan fingerprint density at radius 3 is 1.95 bits per heavy atom. The van der Waals surface area contributed by atoms with Gasteiger partial charge in [0.2, 0.25) is 0 Å². The van der Waals surface area contributed by atoms with Gasteiger partial charge in [0.25, 0.3) is 0 Å². The van der Waals surface area contributed by atoms with Crippen molar-refractivity contribution in [2.75, 3.05) is 0 Å². The number of hydrogen-bond donors (Lipinski definition) is 2. The normalized spacial score (nSPS) is 10.8. The van der Waals surface area contributed by atoms with Gasteiger partial charge in [-0.3, -0.25) is 0 Å². The van der Waals surface area contributed by atoms with Crippen LogP contribution in [0.3, 0.4) is 0 Å². The second kappa shape index (κ2) is 4.89. The number of phenolic OH excluding ortho intramolecular Hbond substituents is 2. The van der Waals surface area contributed by atoms with Gasteiger partial charge in [-0.2, -0.15) is 0 Å². The summed E-state index contributed by atoms with van der Waals surface area (Å²) >= 11 is 0. The highest BCUT2D eigenvalue weighted by Crippen LogP contribution is 2.39. The smallest absolute Gasteiger partial charge is 0.127 e. The second-order valence-corrected chi connectivity index (χ2v) is 5.01. The summed E-state index contributed by atoms with van der Waals surface area (Å²) < 4.78 is 0. The van der Waals surface area contributed by atoms with Gasteiger partial charge in [0.1, 0.15) is 11.5 Å². The summed E-state index contributed by atoms with van der Waals surface area (Å²) in [5.74, 6) is 0.518. The van der Waals surface area contributed by atoms with Crippen LogP contribution in [0.5, 0.6) is 11.5 Å². The van der Waals surface area contributed by atoms with Crippen LogP contribution in [0.2, 0.25) is 0 Å². The second-order valence-electron chi connectivity index (χ2n) is 5.01. The van der Waals surface area contributed by atoms with Gasteiger partial charge in [0, 0.05) is 22.8 Å². The molecule has 3 aromatic rings. The van der Waals surface area contributed by atoms with Crippen molar-refractivity contribution in [3.63, 3.8) is 0 Å². The topological polar surface area (TPSA) is 40.5 Å². The fourth-order valence-corrected chi connectivity index (χ4v) is 2.60. The van der Waals surface area contributed by atoms with Gasteiger partial charge in [-0.05, 0) is 18.1 Å². The first-order chi connectivity index (χ1) is 9.68. The van der Waals surface area contributed by atoms with E-state index in [0.29, 0.717) is 17.2 Å². The van der Waals surface area contributed by atoms with Crippen LogP contribution in [-0.4, -0.2) is 10.2 Å². The van der Waals surface area contributed by atoms with Crippen molar-refractivity contribution in [3.05, 3.63) is 71.3 Å². The molecule has 0 unspecified atom stereocenters. The van der Waals surface area contributed by atoms with Gasteiger partial charge in [0.05, 0.1) is 0 Å². The molecular weight excluding hydrogens is 248 g/mol. The fraction of sp³-hybridized carbons (Fsp3) is 0.111. The zero-order valence-corrected chi connectivity index (χ0v) is 11.3. The van der Waals surface area contributed by atoms with Crippen molar-refractivity contribution in [1.82, 2.24) is 0 Å². The molecule has 20 heavy (non-hydrogen) atoms. The molecule has 3 aromatic carbocycles. The lowest BCUT2D eigenvalue weighted by atomic mass is 9.94. The third-order valence-electron chi connectivity index (χ3n) is 3.75. The van der Waals surface area contributed by atoms with Crippen LogP contribution in [-0.2, 0) is 6.42 Å². The molecule has 100 valence electrons. The molecule has 0 aliphatic rings. The number of phenols is 2. The molecule has 0 fully saturated rings. The highest BCUT2D eigenvalue weighted by Gasteiger charge is 2.15. The van der Waals surface area contributed by atoms with Crippen molar-refractivity contribution in [1.29, 1.82) is 0 Å². The van der Waals surface area contributed by atoms with Gasteiger partial charge in [-0.15, -0.1) is 0 Å². The lowest BCUT2D eigenvalue weighted by Crippen LogP contribution is -1.94. The molecule has 0 saturated heterocycles. The first kappa shape index (κ1) is 12.5. The van der Waals surface area contributed by atoms with Crippen molar-refractivity contribution in [3.8, 4) is 11.5 Å². The van der Waals surface area contributed by atoms with E-state index in [9.17, 15) is 10.2 Å². The Bertz CT molecular complexity index is 761. The molecule has 0 aromatic heterocycles. The van der Waals surface area contributed by atoms with E-state index in [2.05, 4.69) is 0 Å². The van der Waals surface area contributed by atoms with E-state index in [1.807, 2.05) is 61.5 Å². The minimum atomic E-state index is 0.254. The zero-order chi connectivity index (χ0) is 14.1. The maximum Gasteiger partial charge on any atom is 0.127 e. The van der Waals surface area contributed by atoms with Crippen LogP contribution in [0.25, 0.3) is 10.8 Å². The molecule has 0 aliphatic carbocycles. The van der Waals surface area contributed by atoms with Crippen molar-refractivity contribution in [2.45, 2.75) is 13.3 Å². The van der Waals surface area contributed by atoms with E-state index in [0.717, 1.165) is 16.7 Å². The minimum Gasteiger partial charge on any atom is -0.507 e. The Hall–Kier alpha value is -2.48. The molecule has 2 heteroatoms. The molecule has 0 aliphatic heterocycles. The van der Waals surface area contributed by atoms with Crippen LogP contribution >= 0.6 is 0 Å². The van der Waals surface area contributed by atoms with Gasteiger partial charge in [-0.1, -0.05) is 54.6 Å². The van der Waals surface area contributed by atoms with Crippen molar-refractivity contribution in [2.24, 2.45) is 0 Å². The molecule has 0 bridgehead atoms. The van der Waals surface area contributed by atoms with Gasteiger partial charge < -0.3 is 10.2 Å². The molecular formula is C18H16O2. The van der Waals surface area contributed by atoms with E-state index in [4.69, 9.17) is 0 Å². The fourth-order valence-electron chi connectivity index (χ4n) is 2.60.